The molecule has 6 nitrogen and oxygen atoms in total. The van der Waals surface area contributed by atoms with Gasteiger partial charge in [0.2, 0.25) is 11.8 Å². The van der Waals surface area contributed by atoms with Crippen molar-refractivity contribution in [1.82, 2.24) is 10.1 Å². The summed E-state index contributed by atoms with van der Waals surface area (Å²) in [5.41, 5.74) is 6.84. The Morgan fingerprint density at radius 1 is 1.21 bits per heavy atom. The summed E-state index contributed by atoms with van der Waals surface area (Å²) in [6.07, 6.45) is 6.71. The number of benzene rings is 1. The average molecular weight is 328 g/mol. The summed E-state index contributed by atoms with van der Waals surface area (Å²) in [4.78, 5) is 16.4. The number of aromatic nitrogens is 2. The van der Waals surface area contributed by atoms with Crippen LogP contribution in [0.1, 0.15) is 43.8 Å². The minimum atomic E-state index is -0.153. The van der Waals surface area contributed by atoms with Crippen molar-refractivity contribution in [3.63, 3.8) is 0 Å². The summed E-state index contributed by atoms with van der Waals surface area (Å²) in [7, 11) is 0. The molecule has 2 aromatic rings. The summed E-state index contributed by atoms with van der Waals surface area (Å²) < 4.78 is 5.35. The highest BCUT2D eigenvalue weighted by Crippen LogP contribution is 2.37. The molecule has 0 bridgehead atoms. The van der Waals surface area contributed by atoms with Crippen LogP contribution in [0.15, 0.2) is 34.9 Å². The maximum Gasteiger partial charge on any atom is 0.232 e. The Morgan fingerprint density at radius 3 is 2.67 bits per heavy atom. The van der Waals surface area contributed by atoms with Gasteiger partial charge in [-0.25, -0.2) is 0 Å². The molecular weight excluding hydrogens is 304 g/mol. The molecule has 1 heterocycles. The van der Waals surface area contributed by atoms with Crippen molar-refractivity contribution in [2.24, 2.45) is 11.1 Å². The van der Waals surface area contributed by atoms with Gasteiger partial charge in [-0.05, 0) is 36.9 Å². The Bertz CT molecular complexity index is 663. The van der Waals surface area contributed by atoms with E-state index >= 15 is 0 Å². The first-order chi connectivity index (χ1) is 11.7. The predicted molar refractivity (Wildman–Crippen MR) is 91.4 cm³/mol. The van der Waals surface area contributed by atoms with E-state index in [2.05, 4.69) is 15.5 Å². The number of carbonyl (C=O) groups is 1. The van der Waals surface area contributed by atoms with Crippen molar-refractivity contribution >= 4 is 11.6 Å². The zero-order chi connectivity index (χ0) is 16.8. The summed E-state index contributed by atoms with van der Waals surface area (Å²) in [6.45, 7) is 0.638. The van der Waals surface area contributed by atoms with Crippen LogP contribution in [0.4, 0.5) is 5.69 Å². The van der Waals surface area contributed by atoms with Gasteiger partial charge in [0.05, 0.1) is 6.42 Å². The second kappa shape index (κ2) is 7.57. The first kappa shape index (κ1) is 16.6. The lowest BCUT2D eigenvalue weighted by Gasteiger charge is -2.34. The van der Waals surface area contributed by atoms with Crippen LogP contribution in [0.2, 0.25) is 0 Å². The molecular formula is C18H24N4O2. The minimum Gasteiger partial charge on any atom is -0.339 e. The third-order valence-corrected chi connectivity index (χ3v) is 4.76. The largest absolute Gasteiger partial charge is 0.339 e. The van der Waals surface area contributed by atoms with Crippen molar-refractivity contribution in [2.45, 2.75) is 44.9 Å². The molecule has 0 spiro atoms. The molecule has 1 aromatic heterocycles. The quantitative estimate of drug-likeness (QED) is 0.850. The molecule has 1 aliphatic rings. The minimum absolute atomic E-state index is 0.0777. The third kappa shape index (κ3) is 4.20. The van der Waals surface area contributed by atoms with Gasteiger partial charge in [0.15, 0.2) is 5.82 Å². The van der Waals surface area contributed by atoms with Gasteiger partial charge in [-0.15, -0.1) is 0 Å². The Balaban J connectivity index is 1.58. The Morgan fingerprint density at radius 2 is 1.96 bits per heavy atom. The van der Waals surface area contributed by atoms with Crippen molar-refractivity contribution in [2.75, 3.05) is 11.9 Å². The van der Waals surface area contributed by atoms with Gasteiger partial charge in [0, 0.05) is 12.1 Å². The summed E-state index contributed by atoms with van der Waals surface area (Å²) >= 11 is 0. The summed E-state index contributed by atoms with van der Waals surface area (Å²) in [5.74, 6) is 0.853. The summed E-state index contributed by atoms with van der Waals surface area (Å²) in [6, 6.07) is 9.33. The second-order valence-electron chi connectivity index (χ2n) is 6.64. The predicted octanol–water partition coefficient (Wildman–Crippen LogP) is 2.70. The molecule has 24 heavy (non-hydrogen) atoms. The fourth-order valence-electron chi connectivity index (χ4n) is 3.38. The number of nitrogens with two attached hydrogens (primary N) is 1. The number of nitrogens with zero attached hydrogens (tertiary/aromatic N) is 2. The van der Waals surface area contributed by atoms with Crippen molar-refractivity contribution < 1.29 is 9.32 Å². The average Bonchev–Trinajstić information content (AvgIpc) is 3.03. The molecule has 128 valence electrons. The van der Waals surface area contributed by atoms with Gasteiger partial charge in [-0.1, -0.05) is 42.6 Å². The normalized spacial score (nSPS) is 16.7. The molecule has 1 aromatic carbocycles. The first-order valence-corrected chi connectivity index (χ1v) is 8.56. The van der Waals surface area contributed by atoms with Crippen molar-refractivity contribution in [1.29, 1.82) is 0 Å². The van der Waals surface area contributed by atoms with E-state index < -0.39 is 0 Å². The Labute approximate surface area is 141 Å². The molecule has 0 unspecified atom stereocenters. The molecule has 0 saturated heterocycles. The van der Waals surface area contributed by atoms with Gasteiger partial charge in [0.1, 0.15) is 0 Å². The van der Waals surface area contributed by atoms with Gasteiger partial charge >= 0.3 is 0 Å². The molecule has 3 rings (SSSR count). The van der Waals surface area contributed by atoms with Crippen LogP contribution >= 0.6 is 0 Å². The molecule has 3 N–H and O–H groups in total. The highest BCUT2D eigenvalue weighted by Gasteiger charge is 2.33. The Hall–Kier alpha value is -2.21. The topological polar surface area (TPSA) is 94.0 Å². The smallest absolute Gasteiger partial charge is 0.232 e. The number of rotatable bonds is 6. The fourth-order valence-corrected chi connectivity index (χ4v) is 3.38. The van der Waals surface area contributed by atoms with Crippen LogP contribution in [0, 0.1) is 5.41 Å². The van der Waals surface area contributed by atoms with E-state index in [1.807, 2.05) is 30.3 Å². The first-order valence-electron chi connectivity index (χ1n) is 8.56. The zero-order valence-corrected chi connectivity index (χ0v) is 13.8. The number of anilines is 1. The number of nitrogens with one attached hydrogen (secondary N) is 1. The molecule has 0 aliphatic heterocycles. The van der Waals surface area contributed by atoms with Crippen LogP contribution in [-0.2, 0) is 17.6 Å². The van der Waals surface area contributed by atoms with E-state index in [0.29, 0.717) is 24.7 Å². The van der Waals surface area contributed by atoms with Crippen LogP contribution in [0.5, 0.6) is 0 Å². The molecule has 1 fully saturated rings. The lowest BCUT2D eigenvalue weighted by Crippen LogP contribution is -2.35. The van der Waals surface area contributed by atoms with Crippen LogP contribution in [0.3, 0.4) is 0 Å². The van der Waals surface area contributed by atoms with Crippen LogP contribution in [0.25, 0.3) is 0 Å². The van der Waals surface area contributed by atoms with Crippen LogP contribution < -0.4 is 11.1 Å². The number of carbonyl (C=O) groups excluding carboxylic acids is 1. The molecule has 1 amide bonds. The fraction of sp³-hybridized carbons (Fsp3) is 0.500. The summed E-state index contributed by atoms with van der Waals surface area (Å²) in [5, 5.41) is 6.76. The second-order valence-corrected chi connectivity index (χ2v) is 6.64. The lowest BCUT2D eigenvalue weighted by atomic mass is 9.72. The highest BCUT2D eigenvalue weighted by molar-refractivity contribution is 5.91. The maximum atomic E-state index is 12.0. The van der Waals surface area contributed by atoms with E-state index in [1.54, 1.807) is 0 Å². The number of hydrogen-bond acceptors (Lipinski definition) is 5. The number of para-hydroxylation sites is 1. The standard InChI is InChI=1S/C18H24N4O2/c19-13-18(9-5-2-6-10-18)12-17-21-15(22-24-17)11-16(23)20-14-7-3-1-4-8-14/h1,3-4,7-8H,2,5-6,9-13,19H2,(H,20,23). The van der Waals surface area contributed by atoms with Crippen molar-refractivity contribution in [3.05, 3.63) is 42.0 Å². The molecule has 1 saturated carbocycles. The van der Waals surface area contributed by atoms with E-state index in [1.165, 1.54) is 19.3 Å². The molecule has 0 atom stereocenters. The number of amides is 1. The molecule has 0 radical (unpaired) electrons. The third-order valence-electron chi connectivity index (χ3n) is 4.76. The van der Waals surface area contributed by atoms with E-state index in [0.717, 1.165) is 18.5 Å². The highest BCUT2D eigenvalue weighted by atomic mass is 16.5. The van der Waals surface area contributed by atoms with E-state index in [4.69, 9.17) is 10.3 Å². The zero-order valence-electron chi connectivity index (χ0n) is 13.8. The van der Waals surface area contributed by atoms with Crippen molar-refractivity contribution in [3.8, 4) is 0 Å². The number of hydrogen-bond donors (Lipinski definition) is 2. The van der Waals surface area contributed by atoms with Gasteiger partial charge in [0.25, 0.3) is 0 Å². The van der Waals surface area contributed by atoms with Crippen LogP contribution in [-0.4, -0.2) is 22.6 Å². The van der Waals surface area contributed by atoms with Gasteiger partial charge in [-0.2, -0.15) is 4.98 Å². The monoisotopic (exact) mass is 328 g/mol. The molecule has 1 aliphatic carbocycles. The van der Waals surface area contributed by atoms with Gasteiger partial charge < -0.3 is 15.6 Å². The maximum absolute atomic E-state index is 12.0. The lowest BCUT2D eigenvalue weighted by molar-refractivity contribution is -0.115. The van der Waals surface area contributed by atoms with E-state index in [9.17, 15) is 4.79 Å². The van der Waals surface area contributed by atoms with E-state index in [-0.39, 0.29) is 17.7 Å². The SMILES string of the molecule is NCC1(Cc2nc(CC(=O)Nc3ccccc3)no2)CCCCC1. The molecule has 6 heteroatoms. The van der Waals surface area contributed by atoms with Gasteiger partial charge in [-0.3, -0.25) is 4.79 Å². The Kier molecular flexibility index (Phi) is 5.25.